The Balaban J connectivity index is 1.73. The summed E-state index contributed by atoms with van der Waals surface area (Å²) in [5, 5.41) is 10.3. The Morgan fingerprint density at radius 3 is 2.56 bits per heavy atom. The average molecular weight is 426 g/mol. The van der Waals surface area contributed by atoms with Crippen molar-refractivity contribution < 1.29 is 9.13 Å². The standard InChI is InChI=1S/C19H18Cl2FN3OS/c1-3-25-18(12(2)26-17-9-8-15(22)10-16(17)21)23-24-19(25)27-11-13-4-6-14(20)7-5-13/h4-10,12H,3,11H2,1-2H3. The fourth-order valence-electron chi connectivity index (χ4n) is 2.55. The van der Waals surface area contributed by atoms with Crippen molar-refractivity contribution >= 4 is 35.0 Å². The summed E-state index contributed by atoms with van der Waals surface area (Å²) >= 11 is 13.6. The first-order valence-corrected chi connectivity index (χ1v) is 10.1. The van der Waals surface area contributed by atoms with Gasteiger partial charge in [0.25, 0.3) is 0 Å². The van der Waals surface area contributed by atoms with E-state index in [-0.39, 0.29) is 11.1 Å². The maximum atomic E-state index is 13.2. The van der Waals surface area contributed by atoms with Gasteiger partial charge in [0.1, 0.15) is 11.6 Å². The fraction of sp³-hybridized carbons (Fsp3) is 0.263. The van der Waals surface area contributed by atoms with Crippen LogP contribution in [0, 0.1) is 5.82 Å². The first-order chi connectivity index (χ1) is 13.0. The smallest absolute Gasteiger partial charge is 0.191 e. The maximum absolute atomic E-state index is 13.2. The van der Waals surface area contributed by atoms with Gasteiger partial charge in [-0.05, 0) is 49.7 Å². The molecule has 0 fully saturated rings. The minimum absolute atomic E-state index is 0.224. The van der Waals surface area contributed by atoms with Crippen molar-refractivity contribution in [3.05, 3.63) is 69.7 Å². The van der Waals surface area contributed by atoms with Gasteiger partial charge in [0, 0.05) is 17.3 Å². The summed E-state index contributed by atoms with van der Waals surface area (Å²) in [4.78, 5) is 0. The third-order valence-corrected chi connectivity index (χ3v) is 5.49. The van der Waals surface area contributed by atoms with E-state index in [4.69, 9.17) is 27.9 Å². The summed E-state index contributed by atoms with van der Waals surface area (Å²) in [6.07, 6.45) is -0.384. The molecule has 0 saturated carbocycles. The molecule has 8 heteroatoms. The summed E-state index contributed by atoms with van der Waals surface area (Å²) in [6.45, 7) is 4.59. The van der Waals surface area contributed by atoms with Gasteiger partial charge in [-0.15, -0.1) is 10.2 Å². The molecule has 4 nitrogen and oxygen atoms in total. The molecule has 1 unspecified atom stereocenters. The molecule has 3 rings (SSSR count). The van der Waals surface area contributed by atoms with Gasteiger partial charge < -0.3 is 9.30 Å². The monoisotopic (exact) mass is 425 g/mol. The maximum Gasteiger partial charge on any atom is 0.191 e. The topological polar surface area (TPSA) is 39.9 Å². The van der Waals surface area contributed by atoms with Crippen molar-refractivity contribution in [1.82, 2.24) is 14.8 Å². The highest BCUT2D eigenvalue weighted by atomic mass is 35.5. The SMILES string of the molecule is CCn1c(SCc2ccc(Cl)cc2)nnc1C(C)Oc1ccc(F)cc1Cl. The molecule has 27 heavy (non-hydrogen) atoms. The predicted molar refractivity (Wildman–Crippen MR) is 107 cm³/mol. The van der Waals surface area contributed by atoms with Crippen LogP contribution in [0.3, 0.4) is 0 Å². The van der Waals surface area contributed by atoms with Crippen molar-refractivity contribution in [2.45, 2.75) is 37.4 Å². The van der Waals surface area contributed by atoms with Crippen molar-refractivity contribution in [1.29, 1.82) is 0 Å². The van der Waals surface area contributed by atoms with E-state index >= 15 is 0 Å². The molecule has 0 aliphatic rings. The quantitative estimate of drug-likeness (QED) is 0.423. The normalized spacial score (nSPS) is 12.2. The largest absolute Gasteiger partial charge is 0.481 e. The molecule has 0 saturated heterocycles. The second-order valence-electron chi connectivity index (χ2n) is 5.83. The predicted octanol–water partition coefficient (Wildman–Crippen LogP) is 6.18. The van der Waals surface area contributed by atoms with Gasteiger partial charge in [-0.25, -0.2) is 4.39 Å². The Labute approximate surface area is 171 Å². The molecule has 1 aromatic heterocycles. The van der Waals surface area contributed by atoms with E-state index in [1.54, 1.807) is 11.8 Å². The summed E-state index contributed by atoms with van der Waals surface area (Å²) in [5.74, 6) is 1.45. The number of ether oxygens (including phenoxy) is 1. The lowest BCUT2D eigenvalue weighted by Gasteiger charge is -2.16. The average Bonchev–Trinajstić information content (AvgIpc) is 3.06. The molecule has 0 radical (unpaired) electrons. The Hall–Kier alpha value is -1.76. The number of thioether (sulfide) groups is 1. The molecule has 2 aromatic carbocycles. The van der Waals surface area contributed by atoms with E-state index in [1.165, 1.54) is 18.2 Å². The Morgan fingerprint density at radius 2 is 1.89 bits per heavy atom. The number of hydrogen-bond acceptors (Lipinski definition) is 4. The zero-order chi connectivity index (χ0) is 19.4. The van der Waals surface area contributed by atoms with E-state index in [1.807, 2.05) is 42.7 Å². The molecule has 0 N–H and O–H groups in total. The van der Waals surface area contributed by atoms with E-state index in [0.717, 1.165) is 16.5 Å². The van der Waals surface area contributed by atoms with Crippen LogP contribution in [0.1, 0.15) is 31.3 Å². The number of hydrogen-bond donors (Lipinski definition) is 0. The summed E-state index contributed by atoms with van der Waals surface area (Å²) in [6, 6.07) is 11.8. The van der Waals surface area contributed by atoms with Crippen LogP contribution in [0.5, 0.6) is 5.75 Å². The molecule has 0 spiro atoms. The number of benzene rings is 2. The Morgan fingerprint density at radius 1 is 1.15 bits per heavy atom. The van der Waals surface area contributed by atoms with Crippen molar-refractivity contribution in [2.24, 2.45) is 0 Å². The number of aromatic nitrogens is 3. The number of nitrogens with zero attached hydrogens (tertiary/aromatic N) is 3. The minimum atomic E-state index is -0.405. The molecule has 0 amide bonds. The van der Waals surface area contributed by atoms with E-state index in [9.17, 15) is 4.39 Å². The fourth-order valence-corrected chi connectivity index (χ4v) is 3.85. The van der Waals surface area contributed by atoms with Crippen LogP contribution < -0.4 is 4.74 Å². The van der Waals surface area contributed by atoms with Crippen LogP contribution in [0.15, 0.2) is 47.6 Å². The second kappa shape index (κ2) is 8.95. The highest BCUT2D eigenvalue weighted by Gasteiger charge is 2.19. The first-order valence-electron chi connectivity index (χ1n) is 8.40. The van der Waals surface area contributed by atoms with Crippen LogP contribution in [-0.2, 0) is 12.3 Å². The lowest BCUT2D eigenvalue weighted by Crippen LogP contribution is -2.12. The lowest BCUT2D eigenvalue weighted by molar-refractivity contribution is 0.210. The van der Waals surface area contributed by atoms with Crippen LogP contribution in [0.4, 0.5) is 4.39 Å². The van der Waals surface area contributed by atoms with Crippen LogP contribution in [0.25, 0.3) is 0 Å². The van der Waals surface area contributed by atoms with E-state index in [0.29, 0.717) is 23.1 Å². The van der Waals surface area contributed by atoms with Crippen LogP contribution >= 0.6 is 35.0 Å². The molecule has 0 aliphatic heterocycles. The molecular formula is C19H18Cl2FN3OS. The third kappa shape index (κ3) is 4.94. The van der Waals surface area contributed by atoms with Gasteiger partial charge in [0.2, 0.25) is 0 Å². The minimum Gasteiger partial charge on any atom is -0.481 e. The van der Waals surface area contributed by atoms with Gasteiger partial charge in [-0.1, -0.05) is 47.1 Å². The summed E-state index contributed by atoms with van der Waals surface area (Å²) in [5.41, 5.74) is 1.15. The van der Waals surface area contributed by atoms with E-state index in [2.05, 4.69) is 10.2 Å². The Kier molecular flexibility index (Phi) is 6.63. The highest BCUT2D eigenvalue weighted by Crippen LogP contribution is 2.31. The summed E-state index contributed by atoms with van der Waals surface area (Å²) in [7, 11) is 0. The van der Waals surface area contributed by atoms with Crippen molar-refractivity contribution in [2.75, 3.05) is 0 Å². The van der Waals surface area contributed by atoms with Crippen LogP contribution in [-0.4, -0.2) is 14.8 Å². The number of rotatable bonds is 7. The van der Waals surface area contributed by atoms with E-state index < -0.39 is 5.82 Å². The van der Waals surface area contributed by atoms with Gasteiger partial charge in [0.05, 0.1) is 5.02 Å². The molecular weight excluding hydrogens is 408 g/mol. The van der Waals surface area contributed by atoms with Crippen molar-refractivity contribution in [3.8, 4) is 5.75 Å². The first kappa shape index (κ1) is 20.0. The highest BCUT2D eigenvalue weighted by molar-refractivity contribution is 7.98. The molecule has 0 bridgehead atoms. The molecule has 1 atom stereocenters. The van der Waals surface area contributed by atoms with Crippen LogP contribution in [0.2, 0.25) is 10.0 Å². The van der Waals surface area contributed by atoms with Gasteiger partial charge in [0.15, 0.2) is 17.1 Å². The third-order valence-electron chi connectivity index (χ3n) is 3.90. The molecule has 1 heterocycles. The lowest BCUT2D eigenvalue weighted by atomic mass is 10.2. The molecule has 3 aromatic rings. The van der Waals surface area contributed by atoms with Gasteiger partial charge in [-0.2, -0.15) is 0 Å². The summed E-state index contributed by atoms with van der Waals surface area (Å²) < 4.78 is 21.1. The number of halogens is 3. The molecule has 142 valence electrons. The zero-order valence-corrected chi connectivity index (χ0v) is 17.2. The second-order valence-corrected chi connectivity index (χ2v) is 7.62. The van der Waals surface area contributed by atoms with Crippen molar-refractivity contribution in [3.63, 3.8) is 0 Å². The Bertz CT molecular complexity index is 918. The van der Waals surface area contributed by atoms with Gasteiger partial charge in [-0.3, -0.25) is 0 Å². The van der Waals surface area contributed by atoms with Gasteiger partial charge >= 0.3 is 0 Å². The molecule has 0 aliphatic carbocycles. The zero-order valence-electron chi connectivity index (χ0n) is 14.8.